The quantitative estimate of drug-likeness (QED) is 0.685. The van der Waals surface area contributed by atoms with E-state index in [1.165, 1.54) is 35.6 Å². The Bertz CT molecular complexity index is 893. The van der Waals surface area contributed by atoms with E-state index >= 15 is 0 Å². The molecule has 2 heterocycles. The van der Waals surface area contributed by atoms with Crippen molar-refractivity contribution in [3.8, 4) is 0 Å². The van der Waals surface area contributed by atoms with Crippen molar-refractivity contribution in [2.45, 2.75) is 45.2 Å². The summed E-state index contributed by atoms with van der Waals surface area (Å²) >= 11 is 1.33. The molecular weight excluding hydrogens is 417 g/mol. The number of carbonyl (C=O) groups is 3. The Morgan fingerprint density at radius 1 is 1.13 bits per heavy atom. The van der Waals surface area contributed by atoms with E-state index in [4.69, 9.17) is 0 Å². The highest BCUT2D eigenvalue weighted by molar-refractivity contribution is 7.12. The van der Waals surface area contributed by atoms with Crippen LogP contribution in [0, 0.1) is 11.7 Å². The van der Waals surface area contributed by atoms with Crippen LogP contribution in [0.4, 0.5) is 4.39 Å². The number of carbonyl (C=O) groups excluding carboxylic acids is 3. The van der Waals surface area contributed by atoms with Gasteiger partial charge in [0.1, 0.15) is 11.9 Å². The van der Waals surface area contributed by atoms with Crippen LogP contribution in [0.1, 0.15) is 53.1 Å². The summed E-state index contributed by atoms with van der Waals surface area (Å²) in [6, 6.07) is 8.38. The van der Waals surface area contributed by atoms with Crippen LogP contribution in [0.5, 0.6) is 0 Å². The molecule has 3 rings (SSSR count). The second-order valence-corrected chi connectivity index (χ2v) is 8.83. The molecule has 0 aliphatic carbocycles. The van der Waals surface area contributed by atoms with Crippen LogP contribution < -0.4 is 10.6 Å². The van der Waals surface area contributed by atoms with Gasteiger partial charge < -0.3 is 15.5 Å². The van der Waals surface area contributed by atoms with E-state index in [-0.39, 0.29) is 35.5 Å². The predicted molar refractivity (Wildman–Crippen MR) is 118 cm³/mol. The summed E-state index contributed by atoms with van der Waals surface area (Å²) in [7, 11) is 0. The second-order valence-electron chi connectivity index (χ2n) is 7.88. The zero-order valence-electron chi connectivity index (χ0n) is 17.8. The summed E-state index contributed by atoms with van der Waals surface area (Å²) < 4.78 is 13.1. The van der Waals surface area contributed by atoms with Crippen molar-refractivity contribution in [2.75, 3.05) is 13.1 Å². The number of halogens is 1. The predicted octanol–water partition coefficient (Wildman–Crippen LogP) is 3.45. The number of amides is 3. The van der Waals surface area contributed by atoms with Gasteiger partial charge in [-0.1, -0.05) is 13.0 Å². The van der Waals surface area contributed by atoms with E-state index < -0.39 is 6.04 Å². The van der Waals surface area contributed by atoms with Crippen molar-refractivity contribution in [2.24, 2.45) is 5.92 Å². The Kier molecular flexibility index (Phi) is 7.79. The molecule has 0 unspecified atom stereocenters. The van der Waals surface area contributed by atoms with Gasteiger partial charge in [0.25, 0.3) is 11.8 Å². The molecule has 6 nitrogen and oxygen atoms in total. The minimum Gasteiger partial charge on any atom is -0.352 e. The van der Waals surface area contributed by atoms with E-state index in [0.717, 1.165) is 6.42 Å². The number of benzene rings is 1. The van der Waals surface area contributed by atoms with Gasteiger partial charge >= 0.3 is 0 Å². The lowest BCUT2D eigenvalue weighted by atomic mass is 9.88. The lowest BCUT2D eigenvalue weighted by Crippen LogP contribution is -2.55. The number of nitrogens with one attached hydrogen (secondary N) is 2. The number of thiophene rings is 1. The molecule has 1 aromatic carbocycles. The van der Waals surface area contributed by atoms with E-state index in [1.807, 2.05) is 19.2 Å². The van der Waals surface area contributed by atoms with Crippen LogP contribution in [-0.4, -0.2) is 47.8 Å². The Balaban J connectivity index is 1.66. The molecule has 1 aliphatic rings. The number of nitrogens with zero attached hydrogens (tertiary/aromatic N) is 1. The van der Waals surface area contributed by atoms with Gasteiger partial charge in [-0.05, 0) is 67.8 Å². The lowest BCUT2D eigenvalue weighted by Gasteiger charge is -2.36. The van der Waals surface area contributed by atoms with Crippen molar-refractivity contribution < 1.29 is 18.8 Å². The summed E-state index contributed by atoms with van der Waals surface area (Å²) in [5.74, 6) is -1.06. The molecule has 1 aliphatic heterocycles. The Morgan fingerprint density at radius 2 is 1.81 bits per heavy atom. The van der Waals surface area contributed by atoms with Gasteiger partial charge in [0.05, 0.1) is 4.88 Å². The summed E-state index contributed by atoms with van der Waals surface area (Å²) in [6.45, 7) is 4.87. The molecule has 2 atom stereocenters. The van der Waals surface area contributed by atoms with Gasteiger partial charge in [-0.25, -0.2) is 4.39 Å². The van der Waals surface area contributed by atoms with E-state index in [0.29, 0.717) is 36.4 Å². The summed E-state index contributed by atoms with van der Waals surface area (Å²) in [4.78, 5) is 40.5. The number of hydrogen-bond donors (Lipinski definition) is 2. The van der Waals surface area contributed by atoms with E-state index in [2.05, 4.69) is 10.6 Å². The topological polar surface area (TPSA) is 78.5 Å². The third kappa shape index (κ3) is 5.91. The molecule has 0 radical (unpaired) electrons. The molecular formula is C23H28FN3O3S. The van der Waals surface area contributed by atoms with Gasteiger partial charge in [-0.15, -0.1) is 11.3 Å². The zero-order valence-corrected chi connectivity index (χ0v) is 18.6. The maximum Gasteiger partial charge on any atom is 0.262 e. The van der Waals surface area contributed by atoms with Crippen molar-refractivity contribution in [1.29, 1.82) is 0 Å². The molecule has 2 N–H and O–H groups in total. The third-order valence-corrected chi connectivity index (χ3v) is 6.57. The molecule has 1 aromatic heterocycles. The van der Waals surface area contributed by atoms with E-state index in [9.17, 15) is 18.8 Å². The smallest absolute Gasteiger partial charge is 0.262 e. The molecule has 31 heavy (non-hydrogen) atoms. The normalized spacial score (nSPS) is 16.4. The van der Waals surface area contributed by atoms with Crippen LogP contribution in [0.25, 0.3) is 0 Å². The van der Waals surface area contributed by atoms with Crippen molar-refractivity contribution >= 4 is 29.1 Å². The Hall–Kier alpha value is -2.74. The second kappa shape index (κ2) is 10.5. The van der Waals surface area contributed by atoms with Crippen molar-refractivity contribution in [1.82, 2.24) is 15.5 Å². The van der Waals surface area contributed by atoms with E-state index in [1.54, 1.807) is 17.0 Å². The standard InChI is InChI=1S/C23H28FN3O3S/c1-3-15(2)25-22(29)20(26-21(28)19-5-4-14-31-19)16-10-12-27(13-11-16)23(30)17-6-8-18(24)9-7-17/h4-9,14-16,20H,3,10-13H2,1-2H3,(H,25,29)(H,26,28)/t15-,20-/m0/s1. The third-order valence-electron chi connectivity index (χ3n) is 5.70. The van der Waals surface area contributed by atoms with Crippen LogP contribution in [0.15, 0.2) is 41.8 Å². The minimum atomic E-state index is -0.660. The first-order chi connectivity index (χ1) is 14.9. The molecule has 166 valence electrons. The number of likely N-dealkylation sites (tertiary alicyclic amines) is 1. The molecule has 3 amide bonds. The molecule has 0 spiro atoms. The van der Waals surface area contributed by atoms with Crippen LogP contribution in [0.2, 0.25) is 0 Å². The first-order valence-electron chi connectivity index (χ1n) is 10.6. The van der Waals surface area contributed by atoms with Gasteiger partial charge in [-0.3, -0.25) is 14.4 Å². The fourth-order valence-corrected chi connectivity index (χ4v) is 4.29. The Morgan fingerprint density at radius 3 is 2.39 bits per heavy atom. The fraction of sp³-hybridized carbons (Fsp3) is 0.435. The van der Waals surface area contributed by atoms with Crippen molar-refractivity contribution in [3.63, 3.8) is 0 Å². The number of hydrogen-bond acceptors (Lipinski definition) is 4. The molecule has 1 fully saturated rings. The van der Waals surface area contributed by atoms with Crippen LogP contribution in [0.3, 0.4) is 0 Å². The molecule has 8 heteroatoms. The summed E-state index contributed by atoms with van der Waals surface area (Å²) in [5, 5.41) is 7.71. The van der Waals surface area contributed by atoms with Gasteiger partial charge in [0, 0.05) is 24.7 Å². The zero-order chi connectivity index (χ0) is 22.4. The molecule has 0 bridgehead atoms. The summed E-state index contributed by atoms with van der Waals surface area (Å²) in [5.41, 5.74) is 0.442. The van der Waals surface area contributed by atoms with Gasteiger partial charge in [-0.2, -0.15) is 0 Å². The monoisotopic (exact) mass is 445 g/mol. The lowest BCUT2D eigenvalue weighted by molar-refractivity contribution is -0.125. The maximum atomic E-state index is 13.1. The molecule has 1 saturated heterocycles. The van der Waals surface area contributed by atoms with Crippen LogP contribution >= 0.6 is 11.3 Å². The van der Waals surface area contributed by atoms with Gasteiger partial charge in [0.2, 0.25) is 5.91 Å². The molecule has 0 saturated carbocycles. The first-order valence-corrected chi connectivity index (χ1v) is 11.5. The first kappa shape index (κ1) is 22.9. The largest absolute Gasteiger partial charge is 0.352 e. The SMILES string of the molecule is CC[C@H](C)NC(=O)[C@@H](NC(=O)c1cccs1)C1CCN(C(=O)c2ccc(F)cc2)CC1. The number of rotatable bonds is 7. The average Bonchev–Trinajstić information content (AvgIpc) is 3.32. The highest BCUT2D eigenvalue weighted by Gasteiger charge is 2.34. The minimum absolute atomic E-state index is 0.00813. The molecule has 2 aromatic rings. The maximum absolute atomic E-state index is 13.1. The summed E-state index contributed by atoms with van der Waals surface area (Å²) in [6.07, 6.45) is 1.98. The Labute approximate surface area is 185 Å². The highest BCUT2D eigenvalue weighted by atomic mass is 32.1. The average molecular weight is 446 g/mol. The highest BCUT2D eigenvalue weighted by Crippen LogP contribution is 2.23. The van der Waals surface area contributed by atoms with Crippen molar-refractivity contribution in [3.05, 3.63) is 58.0 Å². The van der Waals surface area contributed by atoms with Crippen LogP contribution in [-0.2, 0) is 4.79 Å². The van der Waals surface area contributed by atoms with Gasteiger partial charge in [0.15, 0.2) is 0 Å². The number of piperidine rings is 1. The fourth-order valence-electron chi connectivity index (χ4n) is 3.66.